The van der Waals surface area contributed by atoms with Gasteiger partial charge in [0.2, 0.25) is 11.7 Å². The quantitative estimate of drug-likeness (QED) is 0.701. The van der Waals surface area contributed by atoms with E-state index in [1.165, 1.54) is 12.1 Å². The number of aromatic nitrogens is 2. The SMILES string of the molecule is CN(Cc1nc(-c2ccco2)no1)CC1CNNC1c1ccc(F)cc1. The zero-order valence-electron chi connectivity index (χ0n) is 14.4. The molecule has 1 saturated heterocycles. The number of nitrogens with one attached hydrogen (secondary N) is 2. The van der Waals surface area contributed by atoms with Crippen molar-refractivity contribution in [1.82, 2.24) is 25.9 Å². The summed E-state index contributed by atoms with van der Waals surface area (Å²) in [7, 11) is 2.01. The lowest BCUT2D eigenvalue weighted by molar-refractivity contribution is 0.229. The van der Waals surface area contributed by atoms with Crippen molar-refractivity contribution in [2.45, 2.75) is 12.6 Å². The van der Waals surface area contributed by atoms with Gasteiger partial charge in [0.05, 0.1) is 18.8 Å². The van der Waals surface area contributed by atoms with Crippen LogP contribution in [0, 0.1) is 11.7 Å². The van der Waals surface area contributed by atoms with Gasteiger partial charge in [-0.2, -0.15) is 4.98 Å². The summed E-state index contributed by atoms with van der Waals surface area (Å²) in [6.45, 7) is 2.19. The van der Waals surface area contributed by atoms with Crippen LogP contribution >= 0.6 is 0 Å². The highest BCUT2D eigenvalue weighted by Crippen LogP contribution is 2.26. The Bertz CT molecular complexity index is 834. The van der Waals surface area contributed by atoms with Crippen molar-refractivity contribution in [2.24, 2.45) is 5.92 Å². The molecule has 4 rings (SSSR count). The first-order chi connectivity index (χ1) is 12.7. The minimum Gasteiger partial charge on any atom is -0.461 e. The van der Waals surface area contributed by atoms with E-state index < -0.39 is 0 Å². The van der Waals surface area contributed by atoms with E-state index >= 15 is 0 Å². The second kappa shape index (κ2) is 7.36. The summed E-state index contributed by atoms with van der Waals surface area (Å²) < 4.78 is 23.7. The Hall–Kier alpha value is -2.55. The van der Waals surface area contributed by atoms with E-state index in [0.29, 0.717) is 29.9 Å². The van der Waals surface area contributed by atoms with E-state index in [9.17, 15) is 4.39 Å². The summed E-state index contributed by atoms with van der Waals surface area (Å²) in [6.07, 6.45) is 1.58. The lowest BCUT2D eigenvalue weighted by atomic mass is 9.94. The molecule has 8 heteroatoms. The number of halogens is 1. The highest BCUT2D eigenvalue weighted by Gasteiger charge is 2.29. The van der Waals surface area contributed by atoms with Gasteiger partial charge in [-0.05, 0) is 36.9 Å². The zero-order chi connectivity index (χ0) is 17.9. The van der Waals surface area contributed by atoms with Gasteiger partial charge in [0.15, 0.2) is 5.76 Å². The summed E-state index contributed by atoms with van der Waals surface area (Å²) in [5.74, 6) is 1.68. The average molecular weight is 357 g/mol. The van der Waals surface area contributed by atoms with Gasteiger partial charge in [-0.25, -0.2) is 9.82 Å². The summed E-state index contributed by atoms with van der Waals surface area (Å²) >= 11 is 0. The third-order valence-corrected chi connectivity index (χ3v) is 4.48. The number of hydrogen-bond acceptors (Lipinski definition) is 7. The third kappa shape index (κ3) is 3.67. The summed E-state index contributed by atoms with van der Waals surface area (Å²) in [4.78, 5) is 6.50. The molecule has 136 valence electrons. The van der Waals surface area contributed by atoms with Crippen LogP contribution < -0.4 is 10.9 Å². The largest absolute Gasteiger partial charge is 0.461 e. The third-order valence-electron chi connectivity index (χ3n) is 4.48. The van der Waals surface area contributed by atoms with Gasteiger partial charge in [-0.3, -0.25) is 10.3 Å². The minimum atomic E-state index is -0.225. The fourth-order valence-electron chi connectivity index (χ4n) is 3.25. The Morgan fingerprint density at radius 3 is 2.88 bits per heavy atom. The predicted molar refractivity (Wildman–Crippen MR) is 92.1 cm³/mol. The maximum atomic E-state index is 13.2. The predicted octanol–water partition coefficient (Wildman–Crippen LogP) is 2.37. The van der Waals surface area contributed by atoms with E-state index in [2.05, 4.69) is 25.9 Å². The Morgan fingerprint density at radius 2 is 2.12 bits per heavy atom. The molecule has 26 heavy (non-hydrogen) atoms. The van der Waals surface area contributed by atoms with Gasteiger partial charge in [-0.15, -0.1) is 0 Å². The lowest BCUT2D eigenvalue weighted by Gasteiger charge is -2.23. The van der Waals surface area contributed by atoms with Crippen LogP contribution in [0.5, 0.6) is 0 Å². The smallest absolute Gasteiger partial charge is 0.241 e. The van der Waals surface area contributed by atoms with Crippen LogP contribution in [0.3, 0.4) is 0 Å². The zero-order valence-corrected chi connectivity index (χ0v) is 14.4. The second-order valence-corrected chi connectivity index (χ2v) is 6.50. The highest BCUT2D eigenvalue weighted by molar-refractivity contribution is 5.44. The Balaban J connectivity index is 1.38. The summed E-state index contributed by atoms with van der Waals surface area (Å²) in [5.41, 5.74) is 7.53. The van der Waals surface area contributed by atoms with Crippen molar-refractivity contribution < 1.29 is 13.3 Å². The molecule has 7 nitrogen and oxygen atoms in total. The molecular weight excluding hydrogens is 337 g/mol. The molecule has 0 amide bonds. The number of rotatable bonds is 6. The first kappa shape index (κ1) is 16.9. The Kier molecular flexibility index (Phi) is 4.79. The first-order valence-electron chi connectivity index (χ1n) is 8.48. The molecule has 0 bridgehead atoms. The van der Waals surface area contributed by atoms with Crippen molar-refractivity contribution >= 4 is 0 Å². The molecule has 2 atom stereocenters. The van der Waals surface area contributed by atoms with Crippen molar-refractivity contribution in [1.29, 1.82) is 0 Å². The van der Waals surface area contributed by atoms with Gasteiger partial charge in [0.1, 0.15) is 5.82 Å². The lowest BCUT2D eigenvalue weighted by Crippen LogP contribution is -2.30. The molecule has 1 aliphatic heterocycles. The van der Waals surface area contributed by atoms with Crippen LogP contribution in [0.15, 0.2) is 51.6 Å². The van der Waals surface area contributed by atoms with E-state index in [1.807, 2.05) is 19.2 Å². The average Bonchev–Trinajstić information content (AvgIpc) is 3.36. The van der Waals surface area contributed by atoms with Crippen molar-refractivity contribution in [3.05, 3.63) is 59.9 Å². The fraction of sp³-hybridized carbons (Fsp3) is 0.333. The Labute approximate surface area is 150 Å². The fourth-order valence-corrected chi connectivity index (χ4v) is 3.25. The molecule has 1 aromatic carbocycles. The topological polar surface area (TPSA) is 79.4 Å². The molecule has 0 aliphatic carbocycles. The molecule has 0 saturated carbocycles. The van der Waals surface area contributed by atoms with Crippen LogP contribution in [0.4, 0.5) is 4.39 Å². The monoisotopic (exact) mass is 357 g/mol. The van der Waals surface area contributed by atoms with Gasteiger partial charge in [0.25, 0.3) is 0 Å². The normalized spacial score (nSPS) is 20.1. The summed E-state index contributed by atoms with van der Waals surface area (Å²) in [6, 6.07) is 10.3. The van der Waals surface area contributed by atoms with Crippen LogP contribution in [-0.2, 0) is 6.54 Å². The summed E-state index contributed by atoms with van der Waals surface area (Å²) in [5, 5.41) is 3.95. The van der Waals surface area contributed by atoms with Crippen molar-refractivity contribution in [3.8, 4) is 11.6 Å². The first-order valence-corrected chi connectivity index (χ1v) is 8.48. The molecule has 2 N–H and O–H groups in total. The number of nitrogens with zero attached hydrogens (tertiary/aromatic N) is 3. The molecule has 2 unspecified atom stereocenters. The molecule has 2 aromatic heterocycles. The molecule has 0 spiro atoms. The van der Waals surface area contributed by atoms with Crippen molar-refractivity contribution in [3.63, 3.8) is 0 Å². The van der Waals surface area contributed by atoms with E-state index in [4.69, 9.17) is 8.94 Å². The van der Waals surface area contributed by atoms with Crippen molar-refractivity contribution in [2.75, 3.05) is 20.1 Å². The van der Waals surface area contributed by atoms with Gasteiger partial charge in [0, 0.05) is 19.0 Å². The van der Waals surface area contributed by atoms with Gasteiger partial charge < -0.3 is 8.94 Å². The number of furan rings is 1. The minimum absolute atomic E-state index is 0.124. The number of hydrogen-bond donors (Lipinski definition) is 2. The maximum absolute atomic E-state index is 13.2. The van der Waals surface area contributed by atoms with E-state index in [-0.39, 0.29) is 11.9 Å². The van der Waals surface area contributed by atoms with E-state index in [1.54, 1.807) is 18.4 Å². The standard InChI is InChI=1S/C18H20FN5O2/c1-24(11-16-21-18(23-26-16)15-3-2-8-25-15)10-13-9-20-22-17(13)12-4-6-14(19)7-5-12/h2-8,13,17,20,22H,9-11H2,1H3. The molecule has 0 radical (unpaired) electrons. The maximum Gasteiger partial charge on any atom is 0.241 e. The molecule has 3 aromatic rings. The molecular formula is C18H20FN5O2. The van der Waals surface area contributed by atoms with E-state index in [0.717, 1.165) is 18.7 Å². The number of benzene rings is 1. The number of hydrazine groups is 1. The van der Waals surface area contributed by atoms with Crippen LogP contribution in [-0.4, -0.2) is 35.2 Å². The van der Waals surface area contributed by atoms with Gasteiger partial charge >= 0.3 is 0 Å². The molecule has 1 fully saturated rings. The molecule has 1 aliphatic rings. The van der Waals surface area contributed by atoms with Crippen LogP contribution in [0.2, 0.25) is 0 Å². The van der Waals surface area contributed by atoms with Gasteiger partial charge in [-0.1, -0.05) is 17.3 Å². The van der Waals surface area contributed by atoms with Crippen LogP contribution in [0.1, 0.15) is 17.5 Å². The second-order valence-electron chi connectivity index (χ2n) is 6.50. The Morgan fingerprint density at radius 1 is 1.27 bits per heavy atom. The van der Waals surface area contributed by atoms with Crippen LogP contribution in [0.25, 0.3) is 11.6 Å². The highest BCUT2D eigenvalue weighted by atomic mass is 19.1. The molecule has 3 heterocycles.